The number of oxazole rings is 2. The van der Waals surface area contributed by atoms with Crippen molar-refractivity contribution >= 4 is 51.1 Å². The number of rotatable bonds is 9. The molecule has 6 atom stereocenters. The fourth-order valence-electron chi connectivity index (χ4n) is 8.00. The third-order valence-electron chi connectivity index (χ3n) is 10.3. The summed E-state index contributed by atoms with van der Waals surface area (Å²) in [5.41, 5.74) is 5.98. The van der Waals surface area contributed by atoms with Crippen LogP contribution >= 0.6 is 0 Å². The standard InChI is InChI=1S/C20H24N2O4.C16H14N2O6.Na/c1-3-4-5-6-15-13(10-16-18(11(2)23)19(24)22(15)16)12-7-8-14-17(9-12)26-20(25)21-14;1-6(19)12-10-5-8(13(15(21)22)18(10)14(12)20)7-2-3-9-11(4-7)24-16(23)17-9;/h7-9,11,16,18,23H,3-6,10H2,1-2H3,(H,21,25);2-4,6,10,12,19H,5H2,1H3,(H,17,23)(H,21,22);/q;;+1/p-1/t11-,16-,18-;6-,10-,12-;/m11./s1. The SMILES string of the molecule is CCCCCC1=C(c2ccc3[nH]c(=O)oc3c2)C[C@@H]2[C@@H]([C@@H](C)O)C(=O)N12.C[C@@H](O)[C@H]1C(=O)N2C(C(=O)[O-])=C(c3ccc4[nH]c(=O)oc4c3)C[C@H]12.[Na+]. The van der Waals surface area contributed by atoms with Crippen molar-refractivity contribution < 1.29 is 68.1 Å². The van der Waals surface area contributed by atoms with Gasteiger partial charge in [0.25, 0.3) is 0 Å². The van der Waals surface area contributed by atoms with Crippen molar-refractivity contribution in [1.29, 1.82) is 0 Å². The Kier molecular flexibility index (Phi) is 10.1. The zero-order valence-electron chi connectivity index (χ0n) is 28.7. The Morgan fingerprint density at radius 2 is 1.31 bits per heavy atom. The van der Waals surface area contributed by atoms with Crippen LogP contribution in [0.3, 0.4) is 0 Å². The Morgan fingerprint density at radius 1 is 0.824 bits per heavy atom. The van der Waals surface area contributed by atoms with Gasteiger partial charge in [-0.15, -0.1) is 0 Å². The van der Waals surface area contributed by atoms with Gasteiger partial charge in [0.05, 0.1) is 58.8 Å². The maximum absolute atomic E-state index is 12.6. The van der Waals surface area contributed by atoms with E-state index in [4.69, 9.17) is 8.83 Å². The molecule has 4 aliphatic rings. The molecule has 262 valence electrons. The first kappa shape index (κ1) is 36.6. The van der Waals surface area contributed by atoms with E-state index >= 15 is 0 Å². The van der Waals surface area contributed by atoms with Crippen molar-refractivity contribution in [2.75, 3.05) is 0 Å². The van der Waals surface area contributed by atoms with E-state index in [2.05, 4.69) is 16.9 Å². The molecule has 2 aromatic carbocycles. The quantitative estimate of drug-likeness (QED) is 0.0968. The molecule has 4 aromatic rings. The molecule has 2 amide bonds. The van der Waals surface area contributed by atoms with Gasteiger partial charge in [-0.05, 0) is 86.1 Å². The topological polar surface area (TPSA) is 213 Å². The summed E-state index contributed by atoms with van der Waals surface area (Å²) in [7, 11) is 0. The molecule has 0 aliphatic carbocycles. The van der Waals surface area contributed by atoms with E-state index in [0.29, 0.717) is 39.8 Å². The van der Waals surface area contributed by atoms with E-state index < -0.39 is 47.6 Å². The monoisotopic (exact) mass is 708 g/mol. The Bertz CT molecular complexity index is 2220. The first-order chi connectivity index (χ1) is 23.9. The van der Waals surface area contributed by atoms with E-state index in [9.17, 15) is 39.3 Å². The molecule has 2 fully saturated rings. The van der Waals surface area contributed by atoms with Crippen molar-refractivity contribution in [2.45, 2.75) is 83.6 Å². The number of unbranched alkanes of at least 4 members (excludes halogenated alkanes) is 2. The molecular formula is C36H37N4NaO10. The number of hydrogen-bond donors (Lipinski definition) is 4. The number of aliphatic carboxylic acids is 1. The van der Waals surface area contributed by atoms with Crippen LogP contribution in [0.5, 0.6) is 0 Å². The summed E-state index contributed by atoms with van der Waals surface area (Å²) in [6, 6.07) is 10.2. The largest absolute Gasteiger partial charge is 1.00 e. The van der Waals surface area contributed by atoms with Gasteiger partial charge < -0.3 is 38.7 Å². The summed E-state index contributed by atoms with van der Waals surface area (Å²) in [6.07, 6.45) is 3.68. The average molecular weight is 709 g/mol. The van der Waals surface area contributed by atoms with E-state index in [1.165, 1.54) is 11.8 Å². The summed E-state index contributed by atoms with van der Waals surface area (Å²) < 4.78 is 10.2. The number of nitrogens with zero attached hydrogens (tertiary/aromatic N) is 2. The minimum absolute atomic E-state index is 0. The number of aliphatic hydroxyl groups is 2. The number of benzene rings is 2. The molecule has 2 saturated heterocycles. The van der Waals surface area contributed by atoms with Crippen LogP contribution in [0.2, 0.25) is 0 Å². The molecule has 14 nitrogen and oxygen atoms in total. The van der Waals surface area contributed by atoms with Crippen molar-refractivity contribution in [2.24, 2.45) is 11.8 Å². The molecule has 4 aliphatic heterocycles. The minimum Gasteiger partial charge on any atom is -0.543 e. The number of amides is 2. The van der Waals surface area contributed by atoms with E-state index in [1.807, 2.05) is 23.1 Å². The van der Waals surface area contributed by atoms with Gasteiger partial charge in [0.2, 0.25) is 11.8 Å². The van der Waals surface area contributed by atoms with Gasteiger partial charge in [-0.1, -0.05) is 31.9 Å². The maximum atomic E-state index is 12.6. The summed E-state index contributed by atoms with van der Waals surface area (Å²) in [5.74, 6) is -3.84. The van der Waals surface area contributed by atoms with Crippen LogP contribution in [0.4, 0.5) is 0 Å². The summed E-state index contributed by atoms with van der Waals surface area (Å²) in [4.78, 5) is 67.2. The molecule has 4 N–H and O–H groups in total. The van der Waals surface area contributed by atoms with Crippen LogP contribution in [0, 0.1) is 11.8 Å². The third kappa shape index (κ3) is 6.22. The minimum atomic E-state index is -1.44. The van der Waals surface area contributed by atoms with Gasteiger partial charge in [-0.2, -0.15) is 0 Å². The molecule has 8 rings (SSSR count). The summed E-state index contributed by atoms with van der Waals surface area (Å²) in [5, 5.41) is 31.3. The molecule has 51 heavy (non-hydrogen) atoms. The van der Waals surface area contributed by atoms with E-state index in [-0.39, 0.29) is 53.1 Å². The number of H-pyrrole nitrogens is 2. The zero-order valence-corrected chi connectivity index (χ0v) is 30.7. The van der Waals surface area contributed by atoms with Crippen LogP contribution in [0.15, 0.2) is 66.2 Å². The molecule has 0 radical (unpaired) electrons. The number of nitrogens with one attached hydrogen (secondary N) is 2. The summed E-state index contributed by atoms with van der Waals surface area (Å²) >= 11 is 0. The van der Waals surface area contributed by atoms with Crippen LogP contribution in [0.25, 0.3) is 33.3 Å². The Hall–Kier alpha value is -4.21. The first-order valence-corrected chi connectivity index (χ1v) is 16.8. The number of fused-ring (bicyclic) bond motifs is 4. The van der Waals surface area contributed by atoms with Crippen molar-refractivity contribution in [3.63, 3.8) is 0 Å². The fourth-order valence-corrected chi connectivity index (χ4v) is 8.00. The second kappa shape index (κ2) is 14.1. The Balaban J connectivity index is 0.000000173. The fraction of sp³-hybridized carbons (Fsp3) is 0.417. The van der Waals surface area contributed by atoms with Crippen LogP contribution in [-0.4, -0.2) is 72.1 Å². The van der Waals surface area contributed by atoms with E-state index in [1.54, 1.807) is 25.1 Å². The predicted molar refractivity (Wildman–Crippen MR) is 178 cm³/mol. The van der Waals surface area contributed by atoms with Crippen molar-refractivity contribution in [1.82, 2.24) is 19.8 Å². The van der Waals surface area contributed by atoms with Gasteiger partial charge in [0, 0.05) is 5.70 Å². The smallest absolute Gasteiger partial charge is 0.543 e. The number of carbonyl (C=O) groups excluding carboxylic acids is 3. The Morgan fingerprint density at radius 3 is 1.82 bits per heavy atom. The Labute approximate surface area is 313 Å². The number of aliphatic hydroxyl groups excluding tert-OH is 2. The molecule has 15 heteroatoms. The average Bonchev–Trinajstić information content (AvgIpc) is 3.79. The first-order valence-electron chi connectivity index (χ1n) is 16.8. The van der Waals surface area contributed by atoms with Crippen molar-refractivity contribution in [3.05, 3.63) is 80.0 Å². The summed E-state index contributed by atoms with van der Waals surface area (Å²) in [6.45, 7) is 5.36. The van der Waals surface area contributed by atoms with Crippen LogP contribution in [-0.2, 0) is 14.4 Å². The van der Waals surface area contributed by atoms with Crippen LogP contribution in [0.1, 0.15) is 70.4 Å². The third-order valence-corrected chi connectivity index (χ3v) is 10.3. The molecule has 0 unspecified atom stereocenters. The van der Waals surface area contributed by atoms with Gasteiger partial charge in [0.1, 0.15) is 0 Å². The molecule has 6 heterocycles. The van der Waals surface area contributed by atoms with Gasteiger partial charge in [-0.25, -0.2) is 9.59 Å². The number of carboxylic acid groups (broad SMARTS) is 1. The number of allylic oxidation sites excluding steroid dienone is 1. The van der Waals surface area contributed by atoms with E-state index in [0.717, 1.165) is 48.9 Å². The van der Waals surface area contributed by atoms with Gasteiger partial charge >= 0.3 is 41.1 Å². The second-order valence-corrected chi connectivity index (χ2v) is 13.4. The van der Waals surface area contributed by atoms with Crippen LogP contribution < -0.4 is 46.2 Å². The number of aromatic nitrogens is 2. The maximum Gasteiger partial charge on any atom is 1.00 e. The number of hydrogen-bond acceptors (Lipinski definition) is 10. The normalized spacial score (nSPS) is 23.4. The molecule has 0 bridgehead atoms. The molecule has 0 spiro atoms. The zero-order chi connectivity index (χ0) is 35.6. The van der Waals surface area contributed by atoms with Gasteiger partial charge in [-0.3, -0.25) is 19.6 Å². The molecular weight excluding hydrogens is 671 g/mol. The number of aromatic amines is 2. The molecule has 2 aromatic heterocycles. The van der Waals surface area contributed by atoms with Gasteiger partial charge in [0.15, 0.2) is 11.2 Å². The number of carboxylic acids is 1. The number of β-lactam (4-membered cyclic amide) rings is 2. The predicted octanol–water partition coefficient (Wildman–Crippen LogP) is -0.778. The second-order valence-electron chi connectivity index (χ2n) is 13.4. The number of carbonyl (C=O) groups is 3. The molecule has 0 saturated carbocycles. The van der Waals surface area contributed by atoms with Crippen molar-refractivity contribution in [3.8, 4) is 0 Å².